The zero-order valence-corrected chi connectivity index (χ0v) is 27.0. The van der Waals surface area contributed by atoms with Gasteiger partial charge in [0.2, 0.25) is 5.91 Å². The minimum absolute atomic E-state index is 0.0180. The summed E-state index contributed by atoms with van der Waals surface area (Å²) in [5.41, 5.74) is 3.99. The summed E-state index contributed by atoms with van der Waals surface area (Å²) in [5, 5.41) is 20.5. The van der Waals surface area contributed by atoms with Crippen LogP contribution in [0.4, 0.5) is 10.7 Å². The molecule has 0 saturated heterocycles. The van der Waals surface area contributed by atoms with Gasteiger partial charge in [0.05, 0.1) is 53.3 Å². The Morgan fingerprint density at radius 1 is 1.07 bits per heavy atom. The van der Waals surface area contributed by atoms with Gasteiger partial charge in [0.15, 0.2) is 0 Å². The lowest BCUT2D eigenvalue weighted by Crippen LogP contribution is -2.31. The first kappa shape index (κ1) is 31.9. The smallest absolute Gasteiger partial charge is 0.341 e. The van der Waals surface area contributed by atoms with E-state index in [4.69, 9.17) is 9.47 Å². The Hall–Kier alpha value is -4.53. The summed E-state index contributed by atoms with van der Waals surface area (Å²) in [6, 6.07) is 18.8. The van der Waals surface area contributed by atoms with Crippen LogP contribution in [-0.4, -0.2) is 37.3 Å². The van der Waals surface area contributed by atoms with Gasteiger partial charge in [-0.2, -0.15) is 5.26 Å². The number of allylic oxidation sites excluding steroid dienone is 2. The van der Waals surface area contributed by atoms with E-state index in [2.05, 4.69) is 22.0 Å². The van der Waals surface area contributed by atoms with Crippen molar-refractivity contribution in [3.63, 3.8) is 0 Å². The van der Waals surface area contributed by atoms with Crippen LogP contribution in [0.3, 0.4) is 0 Å². The minimum Gasteiger partial charge on any atom is -0.495 e. The van der Waals surface area contributed by atoms with Crippen molar-refractivity contribution in [3.8, 4) is 11.8 Å². The second-order valence-electron chi connectivity index (χ2n) is 10.5. The van der Waals surface area contributed by atoms with E-state index < -0.39 is 11.9 Å². The number of carbonyl (C=O) groups excluding carboxylic acids is 3. The van der Waals surface area contributed by atoms with Crippen LogP contribution >= 0.6 is 23.1 Å². The van der Waals surface area contributed by atoms with Gasteiger partial charge < -0.3 is 25.4 Å². The molecule has 1 aromatic heterocycles. The highest BCUT2D eigenvalue weighted by atomic mass is 32.2. The number of esters is 1. The van der Waals surface area contributed by atoms with E-state index in [1.54, 1.807) is 32.0 Å². The number of thioether (sulfide) groups is 1. The lowest BCUT2D eigenvalue weighted by molar-refractivity contribution is -0.114. The first-order valence-corrected chi connectivity index (χ1v) is 16.5. The molecule has 45 heavy (non-hydrogen) atoms. The number of para-hydroxylation sites is 2. The number of nitrogens with one attached hydrogen (secondary N) is 3. The van der Waals surface area contributed by atoms with Crippen LogP contribution in [0.5, 0.6) is 5.75 Å². The first-order chi connectivity index (χ1) is 21.9. The van der Waals surface area contributed by atoms with Crippen LogP contribution in [0.2, 0.25) is 0 Å². The fourth-order valence-corrected chi connectivity index (χ4v) is 7.80. The number of methoxy groups -OCH3 is 1. The SMILES string of the molecule is CCOC(=O)c1c(NC(=O)CSC2=C(C#N)[C@H](c3ccccc3)C(C(=O)Nc3ccccc3OC)=C(C)N2)sc2c1CCCC2. The van der Waals surface area contributed by atoms with Crippen LogP contribution in [0, 0.1) is 11.3 Å². The largest absolute Gasteiger partial charge is 0.495 e. The molecule has 5 rings (SSSR count). The molecule has 2 amide bonds. The van der Waals surface area contributed by atoms with Crippen molar-refractivity contribution in [1.29, 1.82) is 5.26 Å². The molecule has 0 spiro atoms. The molecule has 1 aliphatic heterocycles. The van der Waals surface area contributed by atoms with E-state index in [0.29, 0.717) is 43.9 Å². The zero-order chi connectivity index (χ0) is 31.9. The van der Waals surface area contributed by atoms with E-state index in [0.717, 1.165) is 41.7 Å². The number of nitriles is 1. The monoisotopic (exact) mass is 642 g/mol. The van der Waals surface area contributed by atoms with Gasteiger partial charge in [-0.15, -0.1) is 11.3 Å². The van der Waals surface area contributed by atoms with Gasteiger partial charge >= 0.3 is 5.97 Å². The van der Waals surface area contributed by atoms with Crippen LogP contribution in [0.25, 0.3) is 0 Å². The molecule has 0 radical (unpaired) electrons. The molecule has 2 aliphatic rings. The number of anilines is 2. The summed E-state index contributed by atoms with van der Waals surface area (Å²) in [7, 11) is 1.53. The van der Waals surface area contributed by atoms with E-state index in [9.17, 15) is 19.6 Å². The zero-order valence-electron chi connectivity index (χ0n) is 25.3. The van der Waals surface area contributed by atoms with E-state index >= 15 is 0 Å². The van der Waals surface area contributed by atoms with E-state index in [-0.39, 0.29) is 24.2 Å². The Labute approximate surface area is 270 Å². The Balaban J connectivity index is 1.40. The molecule has 2 heterocycles. The van der Waals surface area contributed by atoms with Gasteiger partial charge in [0, 0.05) is 16.1 Å². The van der Waals surface area contributed by atoms with Crippen molar-refractivity contribution in [2.24, 2.45) is 0 Å². The number of hydrogen-bond donors (Lipinski definition) is 3. The molecule has 0 fully saturated rings. The molecule has 0 saturated carbocycles. The van der Waals surface area contributed by atoms with Crippen molar-refractivity contribution < 1.29 is 23.9 Å². The quantitative estimate of drug-likeness (QED) is 0.213. The fraction of sp³-hybridized carbons (Fsp3) is 0.294. The number of thiophene rings is 1. The molecular weight excluding hydrogens is 609 g/mol. The van der Waals surface area contributed by atoms with E-state index in [1.807, 2.05) is 36.4 Å². The molecule has 9 nitrogen and oxygen atoms in total. The summed E-state index contributed by atoms with van der Waals surface area (Å²) in [6.07, 6.45) is 3.69. The molecule has 1 atom stereocenters. The van der Waals surface area contributed by atoms with Crippen LogP contribution < -0.4 is 20.7 Å². The van der Waals surface area contributed by atoms with Crippen LogP contribution in [0.1, 0.15) is 59.0 Å². The van der Waals surface area contributed by atoms with Crippen molar-refractivity contribution in [2.75, 3.05) is 30.1 Å². The highest BCUT2D eigenvalue weighted by molar-refractivity contribution is 8.03. The van der Waals surface area contributed by atoms with Gasteiger partial charge in [-0.25, -0.2) is 4.79 Å². The van der Waals surface area contributed by atoms with Crippen LogP contribution in [0.15, 0.2) is 76.5 Å². The summed E-state index contributed by atoms with van der Waals surface area (Å²) in [5.74, 6) is -1.28. The number of aryl methyl sites for hydroxylation is 1. The predicted molar refractivity (Wildman–Crippen MR) is 177 cm³/mol. The average Bonchev–Trinajstić information content (AvgIpc) is 3.41. The number of amides is 2. The summed E-state index contributed by atoms with van der Waals surface area (Å²) in [4.78, 5) is 41.0. The fourth-order valence-electron chi connectivity index (χ4n) is 5.62. The number of fused-ring (bicyclic) bond motifs is 1. The third kappa shape index (κ3) is 6.92. The standard InChI is InChI=1S/C34H34N4O5S2/c1-4-43-34(41)30-22-14-8-11-17-26(22)45-33(30)38-27(39)19-44-32-23(18-35)29(21-12-6-5-7-13-21)28(20(2)36-32)31(40)37-24-15-9-10-16-25(24)42-3/h5-7,9-10,12-13,15-16,29,36H,4,8,11,14,17,19H2,1-3H3,(H,37,40)(H,38,39)/t29-/m0/s1. The number of rotatable bonds is 10. The van der Waals surface area contributed by atoms with Crippen molar-refractivity contribution >= 4 is 51.6 Å². The molecule has 1 aliphatic carbocycles. The second-order valence-corrected chi connectivity index (χ2v) is 12.6. The summed E-state index contributed by atoms with van der Waals surface area (Å²) in [6.45, 7) is 3.79. The maximum Gasteiger partial charge on any atom is 0.341 e. The maximum atomic E-state index is 13.8. The number of benzene rings is 2. The highest BCUT2D eigenvalue weighted by Gasteiger charge is 2.35. The Bertz CT molecular complexity index is 1720. The number of dihydropyridines is 1. The molecule has 0 bridgehead atoms. The Kier molecular flexibility index (Phi) is 10.3. The Morgan fingerprint density at radius 2 is 1.80 bits per heavy atom. The van der Waals surface area contributed by atoms with Crippen LogP contribution in [-0.2, 0) is 27.2 Å². The van der Waals surface area contributed by atoms with Gasteiger partial charge in [0.25, 0.3) is 5.91 Å². The van der Waals surface area contributed by atoms with Gasteiger partial charge in [-0.3, -0.25) is 9.59 Å². The highest BCUT2D eigenvalue weighted by Crippen LogP contribution is 2.42. The molecule has 3 N–H and O–H groups in total. The maximum absolute atomic E-state index is 13.8. The normalized spacial score (nSPS) is 15.8. The lowest BCUT2D eigenvalue weighted by Gasteiger charge is -2.30. The average molecular weight is 643 g/mol. The second kappa shape index (κ2) is 14.5. The van der Waals surface area contributed by atoms with Crippen molar-refractivity contribution in [1.82, 2.24) is 5.32 Å². The van der Waals surface area contributed by atoms with Crippen molar-refractivity contribution in [3.05, 3.63) is 98.0 Å². The van der Waals surface area contributed by atoms with Crippen molar-refractivity contribution in [2.45, 2.75) is 45.4 Å². The van der Waals surface area contributed by atoms with E-state index in [1.165, 1.54) is 30.2 Å². The number of hydrogen-bond acceptors (Lipinski definition) is 9. The molecular formula is C34H34N4O5S2. The molecule has 11 heteroatoms. The third-order valence-electron chi connectivity index (χ3n) is 7.63. The van der Waals surface area contributed by atoms with Gasteiger partial charge in [-0.05, 0) is 62.8 Å². The number of nitrogens with zero attached hydrogens (tertiary/aromatic N) is 1. The number of carbonyl (C=O) groups is 3. The molecule has 232 valence electrons. The number of ether oxygens (including phenoxy) is 2. The molecule has 0 unspecified atom stereocenters. The van der Waals surface area contributed by atoms with Gasteiger partial charge in [0.1, 0.15) is 10.8 Å². The summed E-state index contributed by atoms with van der Waals surface area (Å²) >= 11 is 2.61. The first-order valence-electron chi connectivity index (χ1n) is 14.7. The minimum atomic E-state index is -0.669. The lowest BCUT2D eigenvalue weighted by atomic mass is 9.82. The van der Waals surface area contributed by atoms with Gasteiger partial charge in [-0.1, -0.05) is 54.2 Å². The predicted octanol–water partition coefficient (Wildman–Crippen LogP) is 6.52. The Morgan fingerprint density at radius 3 is 2.53 bits per heavy atom. The molecule has 2 aromatic carbocycles. The topological polar surface area (TPSA) is 130 Å². The molecule has 3 aromatic rings. The third-order valence-corrected chi connectivity index (χ3v) is 9.86. The summed E-state index contributed by atoms with van der Waals surface area (Å²) < 4.78 is 10.7.